The predicted molar refractivity (Wildman–Crippen MR) is 92.4 cm³/mol. The van der Waals surface area contributed by atoms with E-state index < -0.39 is 0 Å². The first-order chi connectivity index (χ1) is 11.7. The highest BCUT2D eigenvalue weighted by atomic mass is 32.1. The maximum atomic E-state index is 5.65. The van der Waals surface area contributed by atoms with Crippen LogP contribution in [0.2, 0.25) is 0 Å². The van der Waals surface area contributed by atoms with Crippen molar-refractivity contribution < 1.29 is 14.2 Å². The van der Waals surface area contributed by atoms with E-state index in [0.717, 1.165) is 44.0 Å². The van der Waals surface area contributed by atoms with Gasteiger partial charge in [-0.15, -0.1) is 0 Å². The Bertz CT molecular complexity index is 868. The van der Waals surface area contributed by atoms with Crippen molar-refractivity contribution in [3.05, 3.63) is 23.4 Å². The van der Waals surface area contributed by atoms with Crippen LogP contribution in [0, 0.1) is 6.92 Å². The first-order valence-electron chi connectivity index (χ1n) is 7.66. The van der Waals surface area contributed by atoms with Crippen LogP contribution in [0.15, 0.2) is 12.1 Å². The Morgan fingerprint density at radius 1 is 1.29 bits per heavy atom. The molecule has 7 nitrogen and oxygen atoms in total. The number of hydrogen-bond donors (Lipinski definition) is 1. The van der Waals surface area contributed by atoms with Crippen LogP contribution in [-0.2, 0) is 13.6 Å². The average Bonchev–Trinajstić information content (AvgIpc) is 3.13. The van der Waals surface area contributed by atoms with Crippen LogP contribution >= 0.6 is 11.3 Å². The molecule has 0 unspecified atom stereocenters. The largest absolute Gasteiger partial charge is 0.496 e. The summed E-state index contributed by atoms with van der Waals surface area (Å²) in [6.07, 6.45) is 0. The van der Waals surface area contributed by atoms with Gasteiger partial charge in [-0.25, -0.2) is 9.67 Å². The van der Waals surface area contributed by atoms with Crippen molar-refractivity contribution in [2.24, 2.45) is 7.05 Å². The SMILES string of the molecule is COc1cc2c(cc1CNc1nc3c(s1)c(C)nn3C)OCCO2. The second kappa shape index (κ2) is 5.86. The smallest absolute Gasteiger partial charge is 0.185 e. The summed E-state index contributed by atoms with van der Waals surface area (Å²) in [4.78, 5) is 4.60. The number of hydrogen-bond acceptors (Lipinski definition) is 7. The van der Waals surface area contributed by atoms with Crippen LogP contribution in [0.25, 0.3) is 10.3 Å². The third-order valence-corrected chi connectivity index (χ3v) is 5.03. The van der Waals surface area contributed by atoms with Gasteiger partial charge in [-0.05, 0) is 13.0 Å². The summed E-state index contributed by atoms with van der Waals surface area (Å²) >= 11 is 1.60. The van der Waals surface area contributed by atoms with Crippen molar-refractivity contribution in [1.29, 1.82) is 0 Å². The van der Waals surface area contributed by atoms with Gasteiger partial charge in [-0.1, -0.05) is 11.3 Å². The fourth-order valence-electron chi connectivity index (χ4n) is 2.77. The van der Waals surface area contributed by atoms with E-state index in [1.165, 1.54) is 0 Å². The lowest BCUT2D eigenvalue weighted by atomic mass is 10.1. The Morgan fingerprint density at radius 3 is 2.75 bits per heavy atom. The van der Waals surface area contributed by atoms with Gasteiger partial charge in [0, 0.05) is 25.2 Å². The summed E-state index contributed by atoms with van der Waals surface area (Å²) < 4.78 is 19.6. The fourth-order valence-corrected chi connectivity index (χ4v) is 3.70. The zero-order valence-corrected chi connectivity index (χ0v) is 14.6. The van der Waals surface area contributed by atoms with Crippen molar-refractivity contribution in [1.82, 2.24) is 14.8 Å². The first kappa shape index (κ1) is 15.1. The van der Waals surface area contributed by atoms with Gasteiger partial charge in [0.2, 0.25) is 0 Å². The summed E-state index contributed by atoms with van der Waals surface area (Å²) in [7, 11) is 3.56. The topological polar surface area (TPSA) is 70.4 Å². The molecular weight excluding hydrogens is 328 g/mol. The standard InChI is InChI=1S/C16H18N4O3S/c1-9-14-15(20(2)19-9)18-16(24-14)17-8-10-6-12-13(7-11(10)21-3)23-5-4-22-12/h6-7H,4-5,8H2,1-3H3,(H,17,18). The number of fused-ring (bicyclic) bond motifs is 2. The molecule has 0 aliphatic carbocycles. The molecule has 8 heteroatoms. The van der Waals surface area contributed by atoms with Crippen LogP contribution in [0.1, 0.15) is 11.3 Å². The number of aryl methyl sites for hydroxylation is 2. The molecule has 0 fully saturated rings. The van der Waals surface area contributed by atoms with Crippen molar-refractivity contribution in [2.45, 2.75) is 13.5 Å². The number of anilines is 1. The molecule has 0 spiro atoms. The second-order valence-electron chi connectivity index (χ2n) is 5.54. The van der Waals surface area contributed by atoms with E-state index in [4.69, 9.17) is 14.2 Å². The number of nitrogens with zero attached hydrogens (tertiary/aromatic N) is 3. The minimum Gasteiger partial charge on any atom is -0.496 e. The number of thiazole rings is 1. The number of nitrogens with one attached hydrogen (secondary N) is 1. The molecule has 4 rings (SSSR count). The molecule has 0 saturated heterocycles. The summed E-state index contributed by atoms with van der Waals surface area (Å²) in [6, 6.07) is 3.83. The molecule has 0 amide bonds. The fraction of sp³-hybridized carbons (Fsp3) is 0.375. The van der Waals surface area contributed by atoms with Gasteiger partial charge in [0.1, 0.15) is 19.0 Å². The molecule has 1 aromatic carbocycles. The summed E-state index contributed by atoms with van der Waals surface area (Å²) in [5, 5.41) is 8.59. The minimum absolute atomic E-state index is 0.562. The van der Waals surface area contributed by atoms with Gasteiger partial charge in [0.15, 0.2) is 22.3 Å². The van der Waals surface area contributed by atoms with Crippen LogP contribution in [-0.4, -0.2) is 35.1 Å². The molecule has 0 bridgehead atoms. The lowest BCUT2D eigenvalue weighted by Crippen LogP contribution is -2.16. The molecule has 0 radical (unpaired) electrons. The molecule has 0 saturated carbocycles. The number of rotatable bonds is 4. The van der Waals surface area contributed by atoms with E-state index in [-0.39, 0.29) is 0 Å². The second-order valence-corrected chi connectivity index (χ2v) is 6.54. The molecule has 3 aromatic rings. The van der Waals surface area contributed by atoms with E-state index in [1.807, 2.05) is 26.1 Å². The maximum absolute atomic E-state index is 5.65. The number of aromatic nitrogens is 3. The summed E-state index contributed by atoms with van der Waals surface area (Å²) in [5.41, 5.74) is 2.89. The molecular formula is C16H18N4O3S. The van der Waals surface area contributed by atoms with E-state index in [0.29, 0.717) is 19.8 Å². The maximum Gasteiger partial charge on any atom is 0.185 e. The lowest BCUT2D eigenvalue weighted by molar-refractivity contribution is 0.170. The van der Waals surface area contributed by atoms with Gasteiger partial charge < -0.3 is 19.5 Å². The molecule has 1 aliphatic heterocycles. The quantitative estimate of drug-likeness (QED) is 0.783. The van der Waals surface area contributed by atoms with E-state index in [1.54, 1.807) is 23.1 Å². The highest BCUT2D eigenvalue weighted by molar-refractivity contribution is 7.22. The van der Waals surface area contributed by atoms with Gasteiger partial charge >= 0.3 is 0 Å². The van der Waals surface area contributed by atoms with E-state index in [9.17, 15) is 0 Å². The summed E-state index contributed by atoms with van der Waals surface area (Å²) in [6.45, 7) is 3.71. The van der Waals surface area contributed by atoms with E-state index in [2.05, 4.69) is 15.4 Å². The molecule has 0 atom stereocenters. The van der Waals surface area contributed by atoms with Gasteiger partial charge in [-0.2, -0.15) is 5.10 Å². The number of benzene rings is 1. The Kier molecular flexibility index (Phi) is 3.68. The molecule has 3 heterocycles. The third kappa shape index (κ3) is 2.52. The average molecular weight is 346 g/mol. The zero-order chi connectivity index (χ0) is 16.7. The Morgan fingerprint density at radius 2 is 2.04 bits per heavy atom. The monoisotopic (exact) mass is 346 g/mol. The molecule has 24 heavy (non-hydrogen) atoms. The molecule has 126 valence electrons. The van der Waals surface area contributed by atoms with Crippen molar-refractivity contribution in [3.63, 3.8) is 0 Å². The highest BCUT2D eigenvalue weighted by Gasteiger charge is 2.17. The number of methoxy groups -OCH3 is 1. The molecule has 1 aliphatic rings. The van der Waals surface area contributed by atoms with Crippen molar-refractivity contribution in [3.8, 4) is 17.2 Å². The normalized spacial score (nSPS) is 13.3. The van der Waals surface area contributed by atoms with Gasteiger partial charge in [0.25, 0.3) is 0 Å². The summed E-state index contributed by atoms with van der Waals surface area (Å²) in [5.74, 6) is 2.25. The third-order valence-electron chi connectivity index (χ3n) is 3.92. The highest BCUT2D eigenvalue weighted by Crippen LogP contribution is 2.37. The van der Waals surface area contributed by atoms with Crippen LogP contribution in [0.5, 0.6) is 17.2 Å². The first-order valence-corrected chi connectivity index (χ1v) is 8.48. The Labute approximate surface area is 143 Å². The Balaban J connectivity index is 1.59. The van der Waals surface area contributed by atoms with Crippen LogP contribution < -0.4 is 19.5 Å². The molecule has 2 aromatic heterocycles. The van der Waals surface area contributed by atoms with Gasteiger partial charge in [0.05, 0.1) is 17.5 Å². The predicted octanol–water partition coefficient (Wildman–Crippen LogP) is 2.73. The Hall–Kier alpha value is -2.48. The number of ether oxygens (including phenoxy) is 3. The van der Waals surface area contributed by atoms with Crippen molar-refractivity contribution in [2.75, 3.05) is 25.6 Å². The zero-order valence-electron chi connectivity index (χ0n) is 13.8. The molecule has 1 N–H and O–H groups in total. The van der Waals surface area contributed by atoms with Crippen LogP contribution in [0.4, 0.5) is 5.13 Å². The minimum atomic E-state index is 0.562. The van der Waals surface area contributed by atoms with E-state index >= 15 is 0 Å². The van der Waals surface area contributed by atoms with Crippen LogP contribution in [0.3, 0.4) is 0 Å². The van der Waals surface area contributed by atoms with Crippen molar-refractivity contribution >= 4 is 26.8 Å². The van der Waals surface area contributed by atoms with Gasteiger partial charge in [-0.3, -0.25) is 0 Å². The lowest BCUT2D eigenvalue weighted by Gasteiger charge is -2.20.